The van der Waals surface area contributed by atoms with Crippen molar-refractivity contribution < 1.29 is 24.2 Å². The maximum atomic E-state index is 10.5. The summed E-state index contributed by atoms with van der Waals surface area (Å²) in [5.41, 5.74) is 2.45. The van der Waals surface area contributed by atoms with Crippen molar-refractivity contribution in [2.75, 3.05) is 6.61 Å². The second kappa shape index (κ2) is 11.2. The van der Waals surface area contributed by atoms with Crippen LogP contribution in [-0.4, -0.2) is 23.9 Å². The molecule has 3 aromatic rings. The monoisotopic (exact) mass is 459 g/mol. The maximum absolute atomic E-state index is 10.5. The molecule has 0 aliphatic carbocycles. The largest absolute Gasteiger partial charge is 0.489 e. The highest BCUT2D eigenvalue weighted by molar-refractivity contribution is 6.30. The zero-order chi connectivity index (χ0) is 22.1. The Hall–Kier alpha value is -3.22. The number of rotatable bonds is 10. The van der Waals surface area contributed by atoms with Crippen LogP contribution in [0.15, 0.2) is 71.9 Å². The van der Waals surface area contributed by atoms with Crippen molar-refractivity contribution in [1.82, 2.24) is 0 Å². The van der Waals surface area contributed by atoms with E-state index in [1.807, 2.05) is 36.4 Å². The summed E-state index contributed by atoms with van der Waals surface area (Å²) in [6.45, 7) is 0.0917. The number of oxime groups is 1. The first kappa shape index (κ1) is 22.5. The molecule has 0 aliphatic heterocycles. The molecule has 0 aromatic heterocycles. The van der Waals surface area contributed by atoms with E-state index in [0.717, 1.165) is 11.1 Å². The van der Waals surface area contributed by atoms with Crippen LogP contribution in [0, 0.1) is 0 Å². The van der Waals surface area contributed by atoms with Crippen molar-refractivity contribution in [2.24, 2.45) is 5.16 Å². The Bertz CT molecular complexity index is 1000. The zero-order valence-electron chi connectivity index (χ0n) is 16.3. The van der Waals surface area contributed by atoms with Crippen molar-refractivity contribution in [1.29, 1.82) is 0 Å². The third kappa shape index (κ3) is 7.85. The van der Waals surface area contributed by atoms with E-state index in [-0.39, 0.29) is 0 Å². The van der Waals surface area contributed by atoms with E-state index in [4.69, 9.17) is 42.6 Å². The molecule has 0 aliphatic rings. The van der Waals surface area contributed by atoms with Gasteiger partial charge in [-0.25, -0.2) is 4.79 Å². The average molecular weight is 460 g/mol. The van der Waals surface area contributed by atoms with E-state index < -0.39 is 12.6 Å². The van der Waals surface area contributed by atoms with Crippen LogP contribution in [0.4, 0.5) is 0 Å². The van der Waals surface area contributed by atoms with Crippen LogP contribution in [0.1, 0.15) is 16.7 Å². The highest BCUT2D eigenvalue weighted by Gasteiger charge is 2.05. The number of hydrogen-bond acceptors (Lipinski definition) is 5. The minimum absolute atomic E-state index is 0.310. The molecule has 6 nitrogen and oxygen atoms in total. The lowest BCUT2D eigenvalue weighted by molar-refractivity contribution is -0.142. The van der Waals surface area contributed by atoms with Crippen LogP contribution in [0.3, 0.4) is 0 Å². The quantitative estimate of drug-likeness (QED) is 0.316. The molecule has 160 valence electrons. The topological polar surface area (TPSA) is 77.4 Å². The first-order chi connectivity index (χ1) is 15.0. The molecular weight excluding hydrogens is 441 g/mol. The van der Waals surface area contributed by atoms with E-state index in [2.05, 4.69) is 5.16 Å². The predicted molar refractivity (Wildman–Crippen MR) is 119 cm³/mol. The molecule has 0 unspecified atom stereocenters. The minimum atomic E-state index is -1.11. The number of carboxylic acids is 1. The van der Waals surface area contributed by atoms with Crippen molar-refractivity contribution in [2.45, 2.75) is 13.2 Å². The molecule has 0 saturated carbocycles. The van der Waals surface area contributed by atoms with Gasteiger partial charge in [0.25, 0.3) is 0 Å². The summed E-state index contributed by atoms with van der Waals surface area (Å²) in [4.78, 5) is 15.3. The molecule has 3 rings (SSSR count). The van der Waals surface area contributed by atoms with Crippen molar-refractivity contribution in [3.8, 4) is 11.5 Å². The standard InChI is InChI=1S/C23H19Cl2NO5/c24-19-5-1-3-16(7-19)13-29-21-9-18(12-26-31-15-23(27)28)10-22(11-21)30-14-17-4-2-6-20(25)8-17/h1-12H,13-15H2,(H,27,28). The summed E-state index contributed by atoms with van der Waals surface area (Å²) in [5, 5.41) is 13.6. The van der Waals surface area contributed by atoms with E-state index in [1.165, 1.54) is 6.21 Å². The maximum Gasteiger partial charge on any atom is 0.344 e. The molecule has 0 fully saturated rings. The van der Waals surface area contributed by atoms with E-state index >= 15 is 0 Å². The van der Waals surface area contributed by atoms with Gasteiger partial charge in [0.15, 0.2) is 0 Å². The van der Waals surface area contributed by atoms with Crippen molar-refractivity contribution >= 4 is 35.4 Å². The number of hydrogen-bond donors (Lipinski definition) is 1. The number of nitrogens with zero attached hydrogens (tertiary/aromatic N) is 1. The number of benzene rings is 3. The molecular formula is C23H19Cl2NO5. The van der Waals surface area contributed by atoms with E-state index in [1.54, 1.807) is 30.3 Å². The molecule has 0 radical (unpaired) electrons. The third-order valence-electron chi connectivity index (χ3n) is 3.96. The molecule has 0 atom stereocenters. The smallest absolute Gasteiger partial charge is 0.344 e. The second-order valence-corrected chi connectivity index (χ2v) is 7.35. The Morgan fingerprint density at radius 1 is 0.871 bits per heavy atom. The Morgan fingerprint density at radius 3 is 1.90 bits per heavy atom. The third-order valence-corrected chi connectivity index (χ3v) is 4.43. The van der Waals surface area contributed by atoms with Gasteiger partial charge in [-0.15, -0.1) is 0 Å². The molecule has 1 N–H and O–H groups in total. The normalized spacial score (nSPS) is 10.8. The fourth-order valence-electron chi connectivity index (χ4n) is 2.61. The van der Waals surface area contributed by atoms with Gasteiger partial charge >= 0.3 is 5.97 Å². The summed E-state index contributed by atoms with van der Waals surface area (Å²) in [6.07, 6.45) is 1.39. The van der Waals surface area contributed by atoms with E-state index in [9.17, 15) is 4.79 Å². The summed E-state index contributed by atoms with van der Waals surface area (Å²) >= 11 is 12.0. The minimum Gasteiger partial charge on any atom is -0.489 e. The van der Waals surface area contributed by atoms with Crippen molar-refractivity contribution in [3.05, 3.63) is 93.5 Å². The summed E-state index contributed by atoms with van der Waals surface area (Å²) in [6, 6.07) is 20.0. The van der Waals surface area contributed by atoms with Gasteiger partial charge in [0, 0.05) is 21.7 Å². The van der Waals surface area contributed by atoms with Crippen LogP contribution in [0.5, 0.6) is 11.5 Å². The Morgan fingerprint density at radius 2 is 1.42 bits per heavy atom. The first-order valence-corrected chi connectivity index (χ1v) is 10.0. The van der Waals surface area contributed by atoms with Crippen LogP contribution >= 0.6 is 23.2 Å². The molecule has 3 aromatic carbocycles. The van der Waals surface area contributed by atoms with Crippen molar-refractivity contribution in [3.63, 3.8) is 0 Å². The predicted octanol–water partition coefficient (Wildman–Crippen LogP) is 5.59. The summed E-state index contributed by atoms with van der Waals surface area (Å²) in [7, 11) is 0. The Kier molecular flexibility index (Phi) is 8.15. The lowest BCUT2D eigenvalue weighted by atomic mass is 10.2. The number of ether oxygens (including phenoxy) is 2. The number of carboxylic acid groups (broad SMARTS) is 1. The molecule has 0 saturated heterocycles. The second-order valence-electron chi connectivity index (χ2n) is 6.48. The van der Waals surface area contributed by atoms with Crippen LogP contribution < -0.4 is 9.47 Å². The van der Waals surface area contributed by atoms with Gasteiger partial charge in [-0.05, 0) is 47.5 Å². The lowest BCUT2D eigenvalue weighted by Crippen LogP contribution is -2.03. The Balaban J connectivity index is 1.74. The van der Waals surface area contributed by atoms with Crippen LogP contribution in [-0.2, 0) is 22.8 Å². The molecule has 0 bridgehead atoms. The van der Waals surface area contributed by atoms with Gasteiger partial charge in [0.05, 0.1) is 6.21 Å². The van der Waals surface area contributed by atoms with Gasteiger partial charge < -0.3 is 19.4 Å². The fourth-order valence-corrected chi connectivity index (χ4v) is 3.04. The highest BCUT2D eigenvalue weighted by Crippen LogP contribution is 2.25. The molecule has 0 heterocycles. The highest BCUT2D eigenvalue weighted by atomic mass is 35.5. The number of aliphatic carboxylic acids is 1. The van der Waals surface area contributed by atoms with Crippen LogP contribution in [0.25, 0.3) is 0 Å². The first-order valence-electron chi connectivity index (χ1n) is 9.24. The summed E-state index contributed by atoms with van der Waals surface area (Å²) in [5.74, 6) is -0.0205. The zero-order valence-corrected chi connectivity index (χ0v) is 17.8. The van der Waals surface area contributed by atoms with E-state index in [0.29, 0.717) is 40.3 Å². The Labute approximate surface area is 189 Å². The van der Waals surface area contributed by atoms with Gasteiger partial charge in [-0.3, -0.25) is 0 Å². The molecule has 0 amide bonds. The van der Waals surface area contributed by atoms with Gasteiger partial charge in [0.2, 0.25) is 6.61 Å². The summed E-state index contributed by atoms with van der Waals surface area (Å²) < 4.78 is 11.8. The lowest BCUT2D eigenvalue weighted by Gasteiger charge is -2.12. The fraction of sp³-hybridized carbons (Fsp3) is 0.130. The van der Waals surface area contributed by atoms with Crippen LogP contribution in [0.2, 0.25) is 10.0 Å². The average Bonchev–Trinajstić information content (AvgIpc) is 2.74. The number of halogens is 2. The van der Waals surface area contributed by atoms with Gasteiger partial charge in [-0.1, -0.05) is 52.6 Å². The number of carbonyl (C=O) groups is 1. The SMILES string of the molecule is O=C(O)CON=Cc1cc(OCc2cccc(Cl)c2)cc(OCc2cccc(Cl)c2)c1. The van der Waals surface area contributed by atoms with Gasteiger partial charge in [-0.2, -0.15) is 0 Å². The molecule has 8 heteroatoms. The van der Waals surface area contributed by atoms with Gasteiger partial charge in [0.1, 0.15) is 24.7 Å². The molecule has 31 heavy (non-hydrogen) atoms. The molecule has 0 spiro atoms.